The van der Waals surface area contributed by atoms with Crippen LogP contribution in [0.25, 0.3) is 22.4 Å². The van der Waals surface area contributed by atoms with E-state index in [1.54, 1.807) is 18.3 Å². The van der Waals surface area contributed by atoms with Gasteiger partial charge in [0.25, 0.3) is 0 Å². The zero-order valence-electron chi connectivity index (χ0n) is 17.0. The first-order chi connectivity index (χ1) is 15.8. The number of nitrogen functional groups attached to an aromatic ring is 1. The molecule has 33 heavy (non-hydrogen) atoms. The molecular formula is C21H16F4N8. The fourth-order valence-electron chi connectivity index (χ4n) is 3.70. The van der Waals surface area contributed by atoms with Crippen molar-refractivity contribution in [1.82, 2.24) is 29.6 Å². The molecule has 0 fully saturated rings. The van der Waals surface area contributed by atoms with Crippen molar-refractivity contribution in [1.29, 1.82) is 0 Å². The van der Waals surface area contributed by atoms with Crippen LogP contribution in [0, 0.1) is 5.82 Å². The highest BCUT2D eigenvalue weighted by Crippen LogP contribution is 2.37. The van der Waals surface area contributed by atoms with Crippen LogP contribution in [0.15, 0.2) is 54.2 Å². The molecule has 3 aromatic heterocycles. The van der Waals surface area contributed by atoms with Crippen molar-refractivity contribution in [3.05, 3.63) is 66.4 Å². The summed E-state index contributed by atoms with van der Waals surface area (Å²) in [6, 6.07) is 7.50. The number of fused-ring (bicyclic) bond motifs is 1. The minimum absolute atomic E-state index is 0.140. The van der Waals surface area contributed by atoms with E-state index in [9.17, 15) is 17.6 Å². The first kappa shape index (κ1) is 20.8. The van der Waals surface area contributed by atoms with Gasteiger partial charge in [0.2, 0.25) is 0 Å². The van der Waals surface area contributed by atoms with Crippen LogP contribution in [0.5, 0.6) is 0 Å². The van der Waals surface area contributed by atoms with Gasteiger partial charge in [-0.15, -0.1) is 10.2 Å². The van der Waals surface area contributed by atoms with Crippen LogP contribution in [0.4, 0.5) is 23.2 Å². The molecule has 12 heteroatoms. The van der Waals surface area contributed by atoms with E-state index in [1.165, 1.54) is 40.1 Å². The average Bonchev–Trinajstić information content (AvgIpc) is 3.41. The van der Waals surface area contributed by atoms with Crippen LogP contribution >= 0.6 is 0 Å². The van der Waals surface area contributed by atoms with Crippen LogP contribution in [0.3, 0.4) is 0 Å². The Bertz CT molecular complexity index is 1370. The second-order valence-electron chi connectivity index (χ2n) is 7.43. The van der Waals surface area contributed by atoms with E-state index < -0.39 is 18.4 Å². The standard InChI is InChI=1S/C21H16F4N8/c22-15-4-2-1-3-13(15)20-14(12-7-8-27-16(19(12)26)9-21(23,24)25)10-32(31-20)18-6-5-17-29-28-11-33(17)30-18/h1-4,7-8,10-11H,5-6,9,26H2. The highest BCUT2D eigenvalue weighted by Gasteiger charge is 2.31. The van der Waals surface area contributed by atoms with Crippen molar-refractivity contribution < 1.29 is 17.6 Å². The molecule has 4 aromatic rings. The van der Waals surface area contributed by atoms with E-state index in [-0.39, 0.29) is 28.2 Å². The molecular weight excluding hydrogens is 440 g/mol. The molecule has 0 saturated carbocycles. The Morgan fingerprint density at radius 3 is 2.64 bits per heavy atom. The molecule has 168 valence electrons. The summed E-state index contributed by atoms with van der Waals surface area (Å²) in [5, 5.41) is 16.8. The third-order valence-corrected chi connectivity index (χ3v) is 5.23. The Hall–Kier alpha value is -4.09. The number of halogens is 4. The molecule has 0 atom stereocenters. The number of pyridine rings is 1. The molecule has 1 aromatic carbocycles. The molecule has 8 nitrogen and oxygen atoms in total. The predicted molar refractivity (Wildman–Crippen MR) is 112 cm³/mol. The third-order valence-electron chi connectivity index (χ3n) is 5.23. The van der Waals surface area contributed by atoms with E-state index in [1.807, 2.05) is 0 Å². The number of aromatic nitrogens is 6. The largest absolute Gasteiger partial charge is 0.397 e. The van der Waals surface area contributed by atoms with E-state index in [0.717, 1.165) is 0 Å². The minimum atomic E-state index is -4.48. The average molecular weight is 456 g/mol. The molecule has 0 saturated heterocycles. The quantitative estimate of drug-likeness (QED) is 0.474. The van der Waals surface area contributed by atoms with Gasteiger partial charge in [0.1, 0.15) is 17.8 Å². The molecule has 2 N–H and O–H groups in total. The predicted octanol–water partition coefficient (Wildman–Crippen LogP) is 3.69. The highest BCUT2D eigenvalue weighted by molar-refractivity contribution is 5.91. The lowest BCUT2D eigenvalue weighted by Crippen LogP contribution is -2.20. The monoisotopic (exact) mass is 456 g/mol. The van der Waals surface area contributed by atoms with Gasteiger partial charge in [-0.3, -0.25) is 4.98 Å². The molecule has 0 unspecified atom stereocenters. The topological polar surface area (TPSA) is 99.8 Å². The van der Waals surface area contributed by atoms with Crippen LogP contribution in [0.1, 0.15) is 17.9 Å². The lowest BCUT2D eigenvalue weighted by Gasteiger charge is -2.12. The molecule has 0 aliphatic carbocycles. The SMILES string of the molecule is Nc1c(-c2cn(C3=Nn4cnnc4CC3)nc2-c2ccccc2F)ccnc1CC(F)(F)F. The van der Waals surface area contributed by atoms with Crippen LogP contribution < -0.4 is 5.73 Å². The van der Waals surface area contributed by atoms with Gasteiger partial charge in [0.15, 0.2) is 11.7 Å². The summed E-state index contributed by atoms with van der Waals surface area (Å²) in [4.78, 5) is 3.80. The van der Waals surface area contributed by atoms with Crippen LogP contribution in [-0.4, -0.2) is 41.6 Å². The first-order valence-corrected chi connectivity index (χ1v) is 9.92. The number of anilines is 1. The number of alkyl halides is 3. The normalized spacial score (nSPS) is 13.6. The summed E-state index contributed by atoms with van der Waals surface area (Å²) >= 11 is 0. The van der Waals surface area contributed by atoms with E-state index in [4.69, 9.17) is 5.73 Å². The van der Waals surface area contributed by atoms with Gasteiger partial charge in [-0.05, 0) is 18.2 Å². The fourth-order valence-corrected chi connectivity index (χ4v) is 3.70. The van der Waals surface area contributed by atoms with Crippen molar-refractivity contribution in [2.75, 3.05) is 5.73 Å². The van der Waals surface area contributed by atoms with Gasteiger partial charge < -0.3 is 5.73 Å². The van der Waals surface area contributed by atoms with Gasteiger partial charge >= 0.3 is 6.18 Å². The Kier molecular flexibility index (Phi) is 4.91. The smallest absolute Gasteiger partial charge is 0.394 e. The second-order valence-corrected chi connectivity index (χ2v) is 7.43. The summed E-state index contributed by atoms with van der Waals surface area (Å²) < 4.78 is 56.7. The highest BCUT2D eigenvalue weighted by atomic mass is 19.4. The van der Waals surface area contributed by atoms with Crippen molar-refractivity contribution in [3.8, 4) is 22.4 Å². The molecule has 1 aliphatic heterocycles. The maximum atomic E-state index is 14.7. The lowest BCUT2D eigenvalue weighted by molar-refractivity contribution is -0.127. The number of nitrogens with two attached hydrogens (primary N) is 1. The van der Waals surface area contributed by atoms with Crippen molar-refractivity contribution in [2.24, 2.45) is 5.10 Å². The Balaban J connectivity index is 1.68. The van der Waals surface area contributed by atoms with Crippen molar-refractivity contribution in [3.63, 3.8) is 0 Å². The lowest BCUT2D eigenvalue weighted by atomic mass is 9.99. The van der Waals surface area contributed by atoms with Gasteiger partial charge in [-0.25, -0.2) is 13.7 Å². The summed E-state index contributed by atoms with van der Waals surface area (Å²) in [7, 11) is 0. The molecule has 4 heterocycles. The number of hydrogen-bond donors (Lipinski definition) is 1. The zero-order chi connectivity index (χ0) is 23.2. The van der Waals surface area contributed by atoms with Crippen LogP contribution in [0.2, 0.25) is 0 Å². The molecule has 5 rings (SSSR count). The van der Waals surface area contributed by atoms with E-state index in [2.05, 4.69) is 25.4 Å². The van der Waals surface area contributed by atoms with Crippen molar-refractivity contribution in [2.45, 2.75) is 25.4 Å². The maximum absolute atomic E-state index is 14.7. The summed E-state index contributed by atoms with van der Waals surface area (Å²) in [6.45, 7) is 0. The second kappa shape index (κ2) is 7.80. The van der Waals surface area contributed by atoms with Crippen LogP contribution in [-0.2, 0) is 12.8 Å². The molecule has 1 aliphatic rings. The van der Waals surface area contributed by atoms with E-state index in [0.29, 0.717) is 30.1 Å². The van der Waals surface area contributed by atoms with Gasteiger partial charge in [-0.1, -0.05) is 12.1 Å². The number of aryl methyl sites for hydroxylation is 1. The first-order valence-electron chi connectivity index (χ1n) is 9.92. The van der Waals surface area contributed by atoms with Gasteiger partial charge in [0, 0.05) is 41.9 Å². The van der Waals surface area contributed by atoms with Crippen molar-refractivity contribution >= 4 is 11.5 Å². The molecule has 0 radical (unpaired) electrons. The van der Waals surface area contributed by atoms with Gasteiger partial charge in [0.05, 0.1) is 17.8 Å². The number of nitrogens with zero attached hydrogens (tertiary/aromatic N) is 7. The zero-order valence-corrected chi connectivity index (χ0v) is 17.0. The minimum Gasteiger partial charge on any atom is -0.397 e. The fraction of sp³-hybridized carbons (Fsp3) is 0.190. The maximum Gasteiger partial charge on any atom is 0.394 e. The number of rotatable bonds is 3. The Morgan fingerprint density at radius 1 is 1.03 bits per heavy atom. The Morgan fingerprint density at radius 2 is 1.85 bits per heavy atom. The summed E-state index contributed by atoms with van der Waals surface area (Å²) in [5.74, 6) is 0.698. The Labute approximate surface area is 184 Å². The summed E-state index contributed by atoms with van der Waals surface area (Å²) in [6.07, 6.45) is -0.417. The third kappa shape index (κ3) is 3.95. The van der Waals surface area contributed by atoms with E-state index >= 15 is 0 Å². The number of benzene rings is 1. The molecule has 0 spiro atoms. The van der Waals surface area contributed by atoms with Gasteiger partial charge in [-0.2, -0.15) is 23.4 Å². The molecule has 0 amide bonds. The molecule has 0 bridgehead atoms. The summed E-state index contributed by atoms with van der Waals surface area (Å²) in [5.41, 5.74) is 6.69. The number of hydrogen-bond acceptors (Lipinski definition) is 6.